The molecule has 0 spiro atoms. The summed E-state index contributed by atoms with van der Waals surface area (Å²) >= 11 is 3.48. The van der Waals surface area contributed by atoms with Gasteiger partial charge in [0.2, 0.25) is 0 Å². The van der Waals surface area contributed by atoms with Gasteiger partial charge in [-0.2, -0.15) is 0 Å². The fourth-order valence-corrected chi connectivity index (χ4v) is 3.86. The summed E-state index contributed by atoms with van der Waals surface area (Å²) in [6.07, 6.45) is 0. The van der Waals surface area contributed by atoms with E-state index in [1.54, 1.807) is 22.7 Å². The Morgan fingerprint density at radius 3 is 2.75 bits per heavy atom. The van der Waals surface area contributed by atoms with E-state index in [0.717, 1.165) is 4.88 Å². The third-order valence-corrected chi connectivity index (χ3v) is 4.59. The minimum absolute atomic E-state index is 0.178. The van der Waals surface area contributed by atoms with E-state index in [-0.39, 0.29) is 6.61 Å². The first-order valence-corrected chi connectivity index (χ1v) is 5.50. The SMILES string of the molecule is Cc1csc2sc(CO)c(C)c12. The molecule has 0 unspecified atom stereocenters. The van der Waals surface area contributed by atoms with Gasteiger partial charge < -0.3 is 5.11 Å². The summed E-state index contributed by atoms with van der Waals surface area (Å²) in [5.41, 5.74) is 2.60. The Balaban J connectivity index is 2.80. The minimum Gasteiger partial charge on any atom is -0.391 e. The molecule has 0 amide bonds. The van der Waals surface area contributed by atoms with Gasteiger partial charge in [-0.15, -0.1) is 22.7 Å². The molecule has 0 saturated heterocycles. The number of fused-ring (bicyclic) bond motifs is 1. The fraction of sp³-hybridized carbons (Fsp3) is 0.333. The molecule has 0 aliphatic carbocycles. The van der Waals surface area contributed by atoms with Crippen molar-refractivity contribution in [2.24, 2.45) is 0 Å². The van der Waals surface area contributed by atoms with E-state index >= 15 is 0 Å². The van der Waals surface area contributed by atoms with Crippen molar-refractivity contribution < 1.29 is 5.11 Å². The Bertz CT molecular complexity index is 411. The molecule has 0 aliphatic rings. The van der Waals surface area contributed by atoms with Crippen molar-refractivity contribution in [3.63, 3.8) is 0 Å². The first-order chi connectivity index (χ1) is 5.74. The van der Waals surface area contributed by atoms with Crippen LogP contribution in [0, 0.1) is 13.8 Å². The second-order valence-electron chi connectivity index (χ2n) is 2.89. The van der Waals surface area contributed by atoms with Crippen LogP contribution >= 0.6 is 22.7 Å². The molecular weight excluding hydrogens is 188 g/mol. The number of aliphatic hydroxyl groups excluding tert-OH is 1. The molecule has 0 aliphatic heterocycles. The van der Waals surface area contributed by atoms with Crippen molar-refractivity contribution in [3.05, 3.63) is 21.4 Å². The van der Waals surface area contributed by atoms with Crippen LogP contribution < -0.4 is 0 Å². The summed E-state index contributed by atoms with van der Waals surface area (Å²) in [6.45, 7) is 4.39. The van der Waals surface area contributed by atoms with E-state index in [9.17, 15) is 0 Å². The van der Waals surface area contributed by atoms with E-state index < -0.39 is 0 Å². The largest absolute Gasteiger partial charge is 0.391 e. The summed E-state index contributed by atoms with van der Waals surface area (Å²) in [5.74, 6) is 0. The van der Waals surface area contributed by atoms with Crippen LogP contribution in [0.3, 0.4) is 0 Å². The molecule has 3 heteroatoms. The van der Waals surface area contributed by atoms with Crippen LogP contribution in [0.2, 0.25) is 0 Å². The maximum absolute atomic E-state index is 9.04. The van der Waals surface area contributed by atoms with Gasteiger partial charge in [-0.05, 0) is 30.4 Å². The summed E-state index contributed by atoms with van der Waals surface area (Å²) in [7, 11) is 0. The molecule has 2 aromatic heterocycles. The van der Waals surface area contributed by atoms with E-state index in [1.807, 2.05) is 0 Å². The molecule has 12 heavy (non-hydrogen) atoms. The summed E-state index contributed by atoms with van der Waals surface area (Å²) in [4.78, 5) is 1.11. The predicted octanol–water partition coefficient (Wildman–Crippen LogP) is 3.07. The van der Waals surface area contributed by atoms with Gasteiger partial charge in [0, 0.05) is 10.3 Å². The zero-order chi connectivity index (χ0) is 8.72. The van der Waals surface area contributed by atoms with Crippen LogP contribution in [-0.4, -0.2) is 5.11 Å². The molecule has 0 saturated carbocycles. The molecule has 0 bridgehead atoms. The van der Waals surface area contributed by atoms with Gasteiger partial charge in [0.1, 0.15) is 0 Å². The highest BCUT2D eigenvalue weighted by molar-refractivity contribution is 7.37. The molecule has 2 rings (SSSR count). The molecule has 2 aromatic rings. The van der Waals surface area contributed by atoms with Crippen molar-refractivity contribution in [2.45, 2.75) is 20.5 Å². The molecule has 0 fully saturated rings. The lowest BCUT2D eigenvalue weighted by atomic mass is 10.1. The molecule has 2 heterocycles. The monoisotopic (exact) mass is 198 g/mol. The first kappa shape index (κ1) is 8.23. The lowest BCUT2D eigenvalue weighted by Gasteiger charge is -1.92. The van der Waals surface area contributed by atoms with Crippen LogP contribution in [0.4, 0.5) is 0 Å². The van der Waals surface area contributed by atoms with Crippen molar-refractivity contribution in [2.75, 3.05) is 0 Å². The zero-order valence-electron chi connectivity index (χ0n) is 7.05. The third-order valence-electron chi connectivity index (χ3n) is 2.09. The topological polar surface area (TPSA) is 20.2 Å². The van der Waals surface area contributed by atoms with Gasteiger partial charge >= 0.3 is 0 Å². The molecule has 1 N–H and O–H groups in total. The molecule has 64 valence electrons. The Morgan fingerprint density at radius 2 is 2.17 bits per heavy atom. The average molecular weight is 198 g/mol. The van der Waals surface area contributed by atoms with Crippen LogP contribution in [-0.2, 0) is 6.61 Å². The highest BCUT2D eigenvalue weighted by Crippen LogP contribution is 2.37. The molecule has 1 nitrogen and oxygen atoms in total. The molecular formula is C9H10OS2. The maximum atomic E-state index is 9.04. The first-order valence-electron chi connectivity index (χ1n) is 3.81. The Labute approximate surface area is 79.3 Å². The average Bonchev–Trinajstić information content (AvgIpc) is 2.55. The highest BCUT2D eigenvalue weighted by Gasteiger charge is 2.10. The van der Waals surface area contributed by atoms with Crippen LogP contribution in [0.25, 0.3) is 9.40 Å². The summed E-state index contributed by atoms with van der Waals surface area (Å²) in [6, 6.07) is 0. The summed E-state index contributed by atoms with van der Waals surface area (Å²) in [5, 5.41) is 12.6. The predicted molar refractivity (Wildman–Crippen MR) is 55.1 cm³/mol. The van der Waals surface area contributed by atoms with E-state index in [2.05, 4.69) is 19.2 Å². The third kappa shape index (κ3) is 1.01. The molecule has 0 radical (unpaired) electrons. The number of hydrogen-bond donors (Lipinski definition) is 1. The Kier molecular flexibility index (Phi) is 1.94. The van der Waals surface area contributed by atoms with Crippen LogP contribution in [0.15, 0.2) is 5.38 Å². The lowest BCUT2D eigenvalue weighted by molar-refractivity contribution is 0.285. The number of aryl methyl sites for hydroxylation is 2. The zero-order valence-corrected chi connectivity index (χ0v) is 8.68. The Morgan fingerprint density at radius 1 is 1.42 bits per heavy atom. The van der Waals surface area contributed by atoms with Gasteiger partial charge in [-0.1, -0.05) is 0 Å². The van der Waals surface area contributed by atoms with E-state index in [0.29, 0.717) is 0 Å². The quantitative estimate of drug-likeness (QED) is 0.746. The fourth-order valence-electron chi connectivity index (χ4n) is 1.42. The molecule has 0 atom stereocenters. The lowest BCUT2D eigenvalue weighted by Crippen LogP contribution is -1.79. The summed E-state index contributed by atoms with van der Waals surface area (Å²) < 4.78 is 1.34. The number of thiophene rings is 2. The molecule has 0 aromatic carbocycles. The van der Waals surface area contributed by atoms with Crippen LogP contribution in [0.1, 0.15) is 16.0 Å². The van der Waals surface area contributed by atoms with Crippen LogP contribution in [0.5, 0.6) is 0 Å². The van der Waals surface area contributed by atoms with Crippen molar-refractivity contribution >= 4 is 32.1 Å². The highest BCUT2D eigenvalue weighted by atomic mass is 32.2. The van der Waals surface area contributed by atoms with Gasteiger partial charge in [0.05, 0.1) is 10.6 Å². The van der Waals surface area contributed by atoms with Crippen molar-refractivity contribution in [1.82, 2.24) is 0 Å². The maximum Gasteiger partial charge on any atom is 0.0874 e. The van der Waals surface area contributed by atoms with E-state index in [4.69, 9.17) is 5.11 Å². The van der Waals surface area contributed by atoms with Gasteiger partial charge in [-0.25, -0.2) is 0 Å². The second-order valence-corrected chi connectivity index (χ2v) is 5.13. The Hall–Kier alpha value is -0.380. The van der Waals surface area contributed by atoms with E-state index in [1.165, 1.54) is 20.5 Å². The standard InChI is InChI=1S/C9H10OS2/c1-5-4-11-9-8(5)6(2)7(3-10)12-9/h4,10H,3H2,1-2H3. The number of rotatable bonds is 1. The second kappa shape index (κ2) is 2.83. The van der Waals surface area contributed by atoms with Gasteiger partial charge in [-0.3, -0.25) is 0 Å². The normalized spacial score (nSPS) is 11.2. The van der Waals surface area contributed by atoms with Gasteiger partial charge in [0.25, 0.3) is 0 Å². The number of hydrogen-bond acceptors (Lipinski definition) is 3. The van der Waals surface area contributed by atoms with Crippen molar-refractivity contribution in [3.8, 4) is 0 Å². The minimum atomic E-state index is 0.178. The van der Waals surface area contributed by atoms with Crippen molar-refractivity contribution in [1.29, 1.82) is 0 Å². The van der Waals surface area contributed by atoms with Gasteiger partial charge in [0.15, 0.2) is 0 Å². The number of aliphatic hydroxyl groups is 1. The smallest absolute Gasteiger partial charge is 0.0874 e.